The fourth-order valence-electron chi connectivity index (χ4n) is 3.46. The fraction of sp³-hybridized carbons (Fsp3) is 0.533. The maximum Gasteiger partial charge on any atom is 0.416 e. The lowest BCUT2D eigenvalue weighted by molar-refractivity contribution is -0.145. The standard InChI is InChI=1S/C15H16F3NO4S/c16-15(17,18)12-5-2-1-4-11(12)10-24(21,22)19-8-3-6-14(19)7-9-23-13(14)20/h1-2,4-5H,3,6-10H2. The molecule has 1 aromatic carbocycles. The Bertz CT molecular complexity index is 758. The number of esters is 1. The molecule has 0 amide bonds. The highest BCUT2D eigenvalue weighted by atomic mass is 32.2. The van der Waals surface area contributed by atoms with Gasteiger partial charge in [-0.05, 0) is 24.5 Å². The molecule has 0 N–H and O–H groups in total. The lowest BCUT2D eigenvalue weighted by Gasteiger charge is -2.30. The third-order valence-corrected chi connectivity index (χ3v) is 6.43. The van der Waals surface area contributed by atoms with Crippen LogP contribution in [0.3, 0.4) is 0 Å². The minimum atomic E-state index is -4.64. The molecule has 0 radical (unpaired) electrons. The second-order valence-corrected chi connectivity index (χ2v) is 7.90. The highest BCUT2D eigenvalue weighted by Gasteiger charge is 2.56. The Kier molecular flexibility index (Phi) is 4.11. The van der Waals surface area contributed by atoms with Crippen molar-refractivity contribution in [1.82, 2.24) is 4.31 Å². The molecule has 24 heavy (non-hydrogen) atoms. The molecule has 0 aromatic heterocycles. The molecule has 2 aliphatic rings. The van der Waals surface area contributed by atoms with Gasteiger partial charge in [0.05, 0.1) is 17.9 Å². The van der Waals surface area contributed by atoms with Crippen molar-refractivity contribution in [3.63, 3.8) is 0 Å². The molecule has 2 saturated heterocycles. The molecule has 0 bridgehead atoms. The van der Waals surface area contributed by atoms with E-state index in [4.69, 9.17) is 4.74 Å². The summed E-state index contributed by atoms with van der Waals surface area (Å²) in [6, 6.07) is 4.58. The molecule has 9 heteroatoms. The van der Waals surface area contributed by atoms with E-state index in [-0.39, 0.29) is 25.1 Å². The van der Waals surface area contributed by atoms with Crippen LogP contribution in [0.1, 0.15) is 30.4 Å². The zero-order valence-electron chi connectivity index (χ0n) is 12.7. The molecule has 1 spiro atoms. The topological polar surface area (TPSA) is 63.7 Å². The van der Waals surface area contributed by atoms with E-state index >= 15 is 0 Å². The summed E-state index contributed by atoms with van der Waals surface area (Å²) in [5, 5.41) is 0. The molecule has 3 rings (SSSR count). The number of nitrogens with zero attached hydrogens (tertiary/aromatic N) is 1. The molecule has 1 unspecified atom stereocenters. The zero-order valence-corrected chi connectivity index (χ0v) is 13.5. The number of hydrogen-bond acceptors (Lipinski definition) is 4. The largest absolute Gasteiger partial charge is 0.464 e. The van der Waals surface area contributed by atoms with Crippen LogP contribution in [-0.4, -0.2) is 37.4 Å². The number of rotatable bonds is 3. The van der Waals surface area contributed by atoms with Gasteiger partial charge in [-0.2, -0.15) is 17.5 Å². The van der Waals surface area contributed by atoms with Crippen molar-refractivity contribution in [2.75, 3.05) is 13.2 Å². The second-order valence-electron chi connectivity index (χ2n) is 6.00. The molecule has 0 saturated carbocycles. The monoisotopic (exact) mass is 363 g/mol. The van der Waals surface area contributed by atoms with Crippen molar-refractivity contribution in [2.24, 2.45) is 0 Å². The number of carbonyl (C=O) groups excluding carboxylic acids is 1. The van der Waals surface area contributed by atoms with Gasteiger partial charge in [-0.25, -0.2) is 8.42 Å². The van der Waals surface area contributed by atoms with Crippen LogP contribution in [0.15, 0.2) is 24.3 Å². The van der Waals surface area contributed by atoms with Gasteiger partial charge in [0, 0.05) is 13.0 Å². The molecular formula is C15H16F3NO4S. The van der Waals surface area contributed by atoms with E-state index in [9.17, 15) is 26.4 Å². The first-order chi connectivity index (χ1) is 11.2. The normalized spacial score (nSPS) is 25.4. The number of ether oxygens (including phenoxy) is 1. The lowest BCUT2D eigenvalue weighted by Crippen LogP contribution is -2.50. The van der Waals surface area contributed by atoms with Gasteiger partial charge in [-0.3, -0.25) is 4.79 Å². The van der Waals surface area contributed by atoms with Crippen LogP contribution in [0, 0.1) is 0 Å². The third kappa shape index (κ3) is 2.79. The number of alkyl halides is 3. The van der Waals surface area contributed by atoms with E-state index in [1.54, 1.807) is 0 Å². The van der Waals surface area contributed by atoms with Crippen molar-refractivity contribution < 1.29 is 31.1 Å². The van der Waals surface area contributed by atoms with Gasteiger partial charge in [0.1, 0.15) is 5.54 Å². The van der Waals surface area contributed by atoms with Crippen molar-refractivity contribution in [2.45, 2.75) is 36.7 Å². The van der Waals surface area contributed by atoms with Gasteiger partial charge in [-0.1, -0.05) is 18.2 Å². The average Bonchev–Trinajstić information content (AvgIpc) is 3.07. The summed E-state index contributed by atoms with van der Waals surface area (Å²) in [5.74, 6) is -1.40. The highest BCUT2D eigenvalue weighted by Crippen LogP contribution is 2.41. The van der Waals surface area contributed by atoms with Gasteiger partial charge in [-0.15, -0.1) is 0 Å². The number of halogens is 3. The van der Waals surface area contributed by atoms with E-state index < -0.39 is 39.0 Å². The Morgan fingerprint density at radius 2 is 1.92 bits per heavy atom. The van der Waals surface area contributed by atoms with E-state index in [2.05, 4.69) is 0 Å². The Morgan fingerprint density at radius 3 is 2.54 bits per heavy atom. The van der Waals surface area contributed by atoms with Crippen LogP contribution < -0.4 is 0 Å². The zero-order chi connectivity index (χ0) is 17.6. The van der Waals surface area contributed by atoms with Crippen molar-refractivity contribution >= 4 is 16.0 Å². The van der Waals surface area contributed by atoms with Crippen LogP contribution in [0.5, 0.6) is 0 Å². The van der Waals surface area contributed by atoms with E-state index in [0.29, 0.717) is 12.8 Å². The van der Waals surface area contributed by atoms with Crippen molar-refractivity contribution in [3.8, 4) is 0 Å². The average molecular weight is 363 g/mol. The third-order valence-electron chi connectivity index (χ3n) is 4.55. The van der Waals surface area contributed by atoms with Gasteiger partial charge in [0.25, 0.3) is 0 Å². The first kappa shape index (κ1) is 17.2. The Labute approximate surface area is 137 Å². The van der Waals surface area contributed by atoms with Gasteiger partial charge < -0.3 is 4.74 Å². The van der Waals surface area contributed by atoms with E-state index in [0.717, 1.165) is 16.4 Å². The Balaban J connectivity index is 1.95. The smallest absolute Gasteiger partial charge is 0.416 e. The predicted molar refractivity (Wildman–Crippen MR) is 78.3 cm³/mol. The minimum Gasteiger partial charge on any atom is -0.464 e. The molecular weight excluding hydrogens is 347 g/mol. The number of sulfonamides is 1. The molecule has 1 aromatic rings. The molecule has 2 aliphatic heterocycles. The van der Waals surface area contributed by atoms with Crippen LogP contribution in [0.4, 0.5) is 13.2 Å². The quantitative estimate of drug-likeness (QED) is 0.773. The van der Waals surface area contributed by atoms with Crippen LogP contribution >= 0.6 is 0 Å². The molecule has 1 atom stereocenters. The van der Waals surface area contributed by atoms with Gasteiger partial charge in [0.15, 0.2) is 0 Å². The SMILES string of the molecule is O=C1OCCC12CCCN2S(=O)(=O)Cc1ccccc1C(F)(F)F. The van der Waals surface area contributed by atoms with E-state index in [1.165, 1.54) is 12.1 Å². The molecule has 2 heterocycles. The molecule has 5 nitrogen and oxygen atoms in total. The van der Waals surface area contributed by atoms with Crippen LogP contribution in [0.2, 0.25) is 0 Å². The molecule has 2 fully saturated rings. The van der Waals surface area contributed by atoms with Gasteiger partial charge in [0.2, 0.25) is 10.0 Å². The summed E-state index contributed by atoms with van der Waals surface area (Å²) in [5.41, 5.74) is -2.54. The molecule has 0 aliphatic carbocycles. The maximum absolute atomic E-state index is 13.1. The first-order valence-corrected chi connectivity index (χ1v) is 9.11. The van der Waals surface area contributed by atoms with Crippen molar-refractivity contribution in [1.29, 1.82) is 0 Å². The Hall–Kier alpha value is -1.61. The number of benzene rings is 1. The second kappa shape index (κ2) is 5.73. The van der Waals surface area contributed by atoms with Crippen molar-refractivity contribution in [3.05, 3.63) is 35.4 Å². The van der Waals surface area contributed by atoms with E-state index in [1.807, 2.05) is 0 Å². The molecule has 132 valence electrons. The number of cyclic esters (lactones) is 1. The Morgan fingerprint density at radius 1 is 1.21 bits per heavy atom. The van der Waals surface area contributed by atoms with Gasteiger partial charge >= 0.3 is 12.1 Å². The maximum atomic E-state index is 13.1. The van der Waals surface area contributed by atoms with Crippen LogP contribution in [-0.2, 0) is 31.5 Å². The summed E-state index contributed by atoms with van der Waals surface area (Å²) < 4.78 is 70.7. The lowest BCUT2D eigenvalue weighted by atomic mass is 9.96. The summed E-state index contributed by atoms with van der Waals surface area (Å²) in [6.07, 6.45) is -3.58. The first-order valence-electron chi connectivity index (χ1n) is 7.50. The summed E-state index contributed by atoms with van der Waals surface area (Å²) in [4.78, 5) is 12.0. The summed E-state index contributed by atoms with van der Waals surface area (Å²) in [7, 11) is -4.09. The number of hydrogen-bond donors (Lipinski definition) is 0. The summed E-state index contributed by atoms with van der Waals surface area (Å²) >= 11 is 0. The van der Waals surface area contributed by atoms with Crippen LogP contribution in [0.25, 0.3) is 0 Å². The minimum absolute atomic E-state index is 0.117. The predicted octanol–water partition coefficient (Wildman–Crippen LogP) is 2.32. The highest BCUT2D eigenvalue weighted by molar-refractivity contribution is 7.88. The summed E-state index contributed by atoms with van der Waals surface area (Å²) in [6.45, 7) is 0.246. The fourth-order valence-corrected chi connectivity index (χ4v) is 5.46. The number of carbonyl (C=O) groups is 1.